The van der Waals surface area contributed by atoms with Crippen LogP contribution >= 0.6 is 11.6 Å². The van der Waals surface area contributed by atoms with Crippen LogP contribution in [0.15, 0.2) is 34.7 Å². The Morgan fingerprint density at radius 2 is 2.16 bits per heavy atom. The number of aldehydes is 1. The SMILES string of the molecule is CCOC(=O)c1cc(-c2ccc(C=O)o2)ccc1Cl. The van der Waals surface area contributed by atoms with Crippen molar-refractivity contribution in [3.63, 3.8) is 0 Å². The molecule has 4 nitrogen and oxygen atoms in total. The van der Waals surface area contributed by atoms with Gasteiger partial charge < -0.3 is 9.15 Å². The molecule has 0 amide bonds. The van der Waals surface area contributed by atoms with Gasteiger partial charge in [0.15, 0.2) is 12.0 Å². The molecule has 0 atom stereocenters. The Bertz CT molecular complexity index is 616. The van der Waals surface area contributed by atoms with Gasteiger partial charge in [0, 0.05) is 5.56 Å². The zero-order chi connectivity index (χ0) is 13.8. The zero-order valence-corrected chi connectivity index (χ0v) is 10.9. The maximum atomic E-state index is 11.7. The fourth-order valence-corrected chi connectivity index (χ4v) is 1.81. The van der Waals surface area contributed by atoms with Crippen LogP contribution in [0.1, 0.15) is 27.8 Å². The third kappa shape index (κ3) is 2.85. The van der Waals surface area contributed by atoms with Crippen LogP contribution in [0.3, 0.4) is 0 Å². The summed E-state index contributed by atoms with van der Waals surface area (Å²) in [5.74, 6) is 0.225. The van der Waals surface area contributed by atoms with Gasteiger partial charge in [-0.2, -0.15) is 0 Å². The van der Waals surface area contributed by atoms with Crippen molar-refractivity contribution in [1.82, 2.24) is 0 Å². The average molecular weight is 279 g/mol. The molecule has 0 radical (unpaired) electrons. The lowest BCUT2D eigenvalue weighted by molar-refractivity contribution is 0.0526. The highest BCUT2D eigenvalue weighted by atomic mass is 35.5. The summed E-state index contributed by atoms with van der Waals surface area (Å²) in [6.45, 7) is 1.99. The highest BCUT2D eigenvalue weighted by Crippen LogP contribution is 2.27. The topological polar surface area (TPSA) is 56.5 Å². The Hall–Kier alpha value is -2.07. The van der Waals surface area contributed by atoms with Gasteiger partial charge in [0.2, 0.25) is 0 Å². The smallest absolute Gasteiger partial charge is 0.339 e. The number of benzene rings is 1. The molecule has 0 N–H and O–H groups in total. The minimum absolute atomic E-state index is 0.225. The van der Waals surface area contributed by atoms with Crippen LogP contribution < -0.4 is 0 Å². The highest BCUT2D eigenvalue weighted by Gasteiger charge is 2.14. The molecule has 0 bridgehead atoms. The lowest BCUT2D eigenvalue weighted by atomic mass is 10.1. The van der Waals surface area contributed by atoms with Crippen LogP contribution in [0.2, 0.25) is 5.02 Å². The predicted molar refractivity (Wildman–Crippen MR) is 70.5 cm³/mol. The van der Waals surface area contributed by atoms with Crippen molar-refractivity contribution in [2.75, 3.05) is 6.61 Å². The van der Waals surface area contributed by atoms with Gasteiger partial charge in [-0.05, 0) is 37.3 Å². The van der Waals surface area contributed by atoms with Gasteiger partial charge in [-0.1, -0.05) is 11.6 Å². The lowest BCUT2D eigenvalue weighted by Gasteiger charge is -2.05. The Morgan fingerprint density at radius 3 is 2.79 bits per heavy atom. The van der Waals surface area contributed by atoms with E-state index < -0.39 is 5.97 Å². The maximum Gasteiger partial charge on any atom is 0.339 e. The van der Waals surface area contributed by atoms with E-state index in [1.54, 1.807) is 37.3 Å². The van der Waals surface area contributed by atoms with Gasteiger partial charge in [-0.3, -0.25) is 4.79 Å². The number of carbonyl (C=O) groups excluding carboxylic acids is 2. The number of ether oxygens (including phenoxy) is 1. The molecule has 0 aliphatic carbocycles. The second-order valence-corrected chi connectivity index (χ2v) is 4.14. The van der Waals surface area contributed by atoms with Crippen LogP contribution in [0.25, 0.3) is 11.3 Å². The summed E-state index contributed by atoms with van der Waals surface area (Å²) in [5.41, 5.74) is 0.922. The summed E-state index contributed by atoms with van der Waals surface area (Å²) in [6, 6.07) is 8.08. The van der Waals surface area contributed by atoms with Crippen molar-refractivity contribution in [1.29, 1.82) is 0 Å². The fraction of sp³-hybridized carbons (Fsp3) is 0.143. The Labute approximate surface area is 114 Å². The summed E-state index contributed by atoms with van der Waals surface area (Å²) in [7, 11) is 0. The zero-order valence-electron chi connectivity index (χ0n) is 10.2. The Balaban J connectivity index is 2.40. The molecule has 2 aromatic rings. The molecule has 0 fully saturated rings. The molecule has 1 aromatic carbocycles. The van der Waals surface area contributed by atoms with E-state index in [1.807, 2.05) is 0 Å². The number of halogens is 1. The van der Waals surface area contributed by atoms with Gasteiger partial charge in [-0.15, -0.1) is 0 Å². The molecule has 0 spiro atoms. The molecule has 0 saturated heterocycles. The molecule has 98 valence electrons. The van der Waals surface area contributed by atoms with Crippen LogP contribution in [0.5, 0.6) is 0 Å². The number of hydrogen-bond acceptors (Lipinski definition) is 4. The van der Waals surface area contributed by atoms with Crippen molar-refractivity contribution in [2.45, 2.75) is 6.92 Å². The number of rotatable bonds is 4. The van der Waals surface area contributed by atoms with Crippen molar-refractivity contribution in [3.8, 4) is 11.3 Å². The van der Waals surface area contributed by atoms with E-state index in [4.69, 9.17) is 20.8 Å². The quantitative estimate of drug-likeness (QED) is 0.633. The fourth-order valence-electron chi connectivity index (χ4n) is 1.62. The lowest BCUT2D eigenvalue weighted by Crippen LogP contribution is -2.05. The molecule has 0 saturated carbocycles. The molecule has 0 aliphatic rings. The van der Waals surface area contributed by atoms with Gasteiger partial charge in [0.25, 0.3) is 0 Å². The number of esters is 1. The van der Waals surface area contributed by atoms with Crippen LogP contribution in [-0.4, -0.2) is 18.9 Å². The summed E-state index contributed by atoms with van der Waals surface area (Å²) in [6.07, 6.45) is 0.617. The highest BCUT2D eigenvalue weighted by molar-refractivity contribution is 6.33. The van der Waals surface area contributed by atoms with Gasteiger partial charge >= 0.3 is 5.97 Å². The minimum atomic E-state index is -0.489. The normalized spacial score (nSPS) is 10.2. The standard InChI is InChI=1S/C14H11ClO4/c1-2-18-14(17)11-7-9(3-5-12(11)15)13-6-4-10(8-16)19-13/h3-8H,2H2,1H3. The summed E-state index contributed by atoms with van der Waals surface area (Å²) >= 11 is 5.96. The predicted octanol–water partition coefficient (Wildman–Crippen LogP) is 3.59. The Morgan fingerprint density at radius 1 is 1.37 bits per heavy atom. The molecule has 0 unspecified atom stereocenters. The molecule has 19 heavy (non-hydrogen) atoms. The van der Waals surface area contributed by atoms with Crippen LogP contribution in [0.4, 0.5) is 0 Å². The molecule has 1 heterocycles. The van der Waals surface area contributed by atoms with Crippen molar-refractivity contribution in [2.24, 2.45) is 0 Å². The van der Waals surface area contributed by atoms with E-state index >= 15 is 0 Å². The number of furan rings is 1. The molecule has 0 aliphatic heterocycles. The summed E-state index contributed by atoms with van der Waals surface area (Å²) < 4.78 is 10.2. The minimum Gasteiger partial charge on any atom is -0.462 e. The van der Waals surface area contributed by atoms with E-state index in [1.165, 1.54) is 0 Å². The first-order valence-electron chi connectivity index (χ1n) is 5.67. The first-order valence-corrected chi connectivity index (χ1v) is 6.05. The third-order valence-electron chi connectivity index (χ3n) is 2.49. The summed E-state index contributed by atoms with van der Waals surface area (Å²) in [4.78, 5) is 22.3. The maximum absolute atomic E-state index is 11.7. The van der Waals surface area contributed by atoms with Crippen LogP contribution in [-0.2, 0) is 4.74 Å². The van der Waals surface area contributed by atoms with E-state index in [0.29, 0.717) is 22.6 Å². The van der Waals surface area contributed by atoms with E-state index in [0.717, 1.165) is 0 Å². The molecular formula is C14H11ClO4. The van der Waals surface area contributed by atoms with Crippen molar-refractivity contribution in [3.05, 3.63) is 46.7 Å². The molecule has 1 aromatic heterocycles. The van der Waals surface area contributed by atoms with Crippen molar-refractivity contribution >= 4 is 23.9 Å². The number of carbonyl (C=O) groups is 2. The van der Waals surface area contributed by atoms with Crippen molar-refractivity contribution < 1.29 is 18.7 Å². The monoisotopic (exact) mass is 278 g/mol. The largest absolute Gasteiger partial charge is 0.462 e. The summed E-state index contributed by atoms with van der Waals surface area (Å²) in [5, 5.41) is 0.310. The first-order chi connectivity index (χ1) is 9.15. The molecular weight excluding hydrogens is 268 g/mol. The number of hydrogen-bond donors (Lipinski definition) is 0. The second kappa shape index (κ2) is 5.71. The molecule has 5 heteroatoms. The van der Waals surface area contributed by atoms with E-state index in [2.05, 4.69) is 0 Å². The van der Waals surface area contributed by atoms with E-state index in [9.17, 15) is 9.59 Å². The Kier molecular flexibility index (Phi) is 4.02. The van der Waals surface area contributed by atoms with E-state index in [-0.39, 0.29) is 17.9 Å². The van der Waals surface area contributed by atoms with Gasteiger partial charge in [0.05, 0.1) is 17.2 Å². The van der Waals surface area contributed by atoms with Gasteiger partial charge in [-0.25, -0.2) is 4.79 Å². The van der Waals surface area contributed by atoms with Gasteiger partial charge in [0.1, 0.15) is 5.76 Å². The molecule has 2 rings (SSSR count). The average Bonchev–Trinajstić information content (AvgIpc) is 2.88. The second-order valence-electron chi connectivity index (χ2n) is 3.73. The first kappa shape index (κ1) is 13.4. The van der Waals surface area contributed by atoms with Crippen LogP contribution in [0, 0.1) is 0 Å². The third-order valence-corrected chi connectivity index (χ3v) is 2.82.